The smallest absolute Gasteiger partial charge is 0.157 e. The Kier molecular flexibility index (Phi) is 5.31. The molecule has 0 amide bonds. The second-order valence-electron chi connectivity index (χ2n) is 5.47. The van der Waals surface area contributed by atoms with E-state index >= 15 is 0 Å². The van der Waals surface area contributed by atoms with Crippen LogP contribution in [0.25, 0.3) is 11.2 Å². The largest absolute Gasteiger partial charge is 0.339 e. The van der Waals surface area contributed by atoms with Gasteiger partial charge in [0.25, 0.3) is 0 Å². The Labute approximate surface area is 152 Å². The minimum absolute atomic E-state index is 0.434. The average molecular weight is 351 g/mol. The van der Waals surface area contributed by atoms with Crippen LogP contribution in [0, 0.1) is 6.92 Å². The molecule has 0 spiro atoms. The van der Waals surface area contributed by atoms with Crippen molar-refractivity contribution in [3.8, 4) is 0 Å². The van der Waals surface area contributed by atoms with Gasteiger partial charge in [-0.05, 0) is 18.6 Å². The number of imidazole rings is 1. The number of fused-ring (bicyclic) bond motifs is 1. The van der Waals surface area contributed by atoms with E-state index in [1.807, 2.05) is 47.0 Å². The van der Waals surface area contributed by atoms with Crippen LogP contribution in [0.3, 0.4) is 0 Å². The zero-order valence-corrected chi connectivity index (χ0v) is 14.7. The first kappa shape index (κ1) is 17.0. The summed E-state index contributed by atoms with van der Waals surface area (Å²) in [6.07, 6.45) is 12.9. The van der Waals surface area contributed by atoms with Gasteiger partial charge >= 0.3 is 0 Å². The van der Waals surface area contributed by atoms with Gasteiger partial charge in [-0.25, -0.2) is 4.98 Å². The van der Waals surface area contributed by atoms with E-state index in [1.165, 1.54) is 0 Å². The lowest BCUT2D eigenvalue weighted by Crippen LogP contribution is -1.99. The van der Waals surface area contributed by atoms with E-state index in [4.69, 9.17) is 16.6 Å². The quantitative estimate of drug-likeness (QED) is 0.494. The number of benzene rings is 1. The highest BCUT2D eigenvalue weighted by atomic mass is 35.5. The third-order valence-corrected chi connectivity index (χ3v) is 3.96. The number of aryl methyl sites for hydroxylation is 1. The molecule has 0 fully saturated rings. The fourth-order valence-corrected chi connectivity index (χ4v) is 2.67. The Bertz CT molecular complexity index is 953. The van der Waals surface area contributed by atoms with Crippen molar-refractivity contribution in [3.05, 3.63) is 85.0 Å². The number of alkyl halides is 1. The molecule has 0 radical (unpaired) electrons. The number of anilines is 2. The summed E-state index contributed by atoms with van der Waals surface area (Å²) < 4.78 is 1.99. The number of para-hydroxylation sites is 1. The number of nitrogens with one attached hydrogen (secondary N) is 1. The van der Waals surface area contributed by atoms with Gasteiger partial charge in [-0.1, -0.05) is 49.1 Å². The van der Waals surface area contributed by atoms with Crippen LogP contribution in [-0.2, 0) is 0 Å². The van der Waals surface area contributed by atoms with E-state index in [-0.39, 0.29) is 0 Å². The predicted octanol–water partition coefficient (Wildman–Crippen LogP) is 5.15. The highest BCUT2D eigenvalue weighted by Crippen LogP contribution is 2.29. The lowest BCUT2D eigenvalue weighted by atomic mass is 10.1. The minimum atomic E-state index is 0.434. The monoisotopic (exact) mass is 350 g/mol. The predicted molar refractivity (Wildman–Crippen MR) is 105 cm³/mol. The van der Waals surface area contributed by atoms with Gasteiger partial charge < -0.3 is 5.32 Å². The first-order valence-electron chi connectivity index (χ1n) is 7.95. The Morgan fingerprint density at radius 2 is 2.20 bits per heavy atom. The third-order valence-electron chi connectivity index (χ3n) is 3.79. The average Bonchev–Trinajstić information content (AvgIpc) is 2.99. The molecule has 3 aromatic rings. The highest BCUT2D eigenvalue weighted by molar-refractivity contribution is 6.19. The summed E-state index contributed by atoms with van der Waals surface area (Å²) in [5.41, 5.74) is 4.69. The molecule has 0 aliphatic rings. The SMILES string of the molecule is C=CC=C(C=CCCl)c1nc2cnccn2c1Nc1ccccc1C. The van der Waals surface area contributed by atoms with E-state index < -0.39 is 0 Å². The fourth-order valence-electron chi connectivity index (χ4n) is 2.58. The van der Waals surface area contributed by atoms with Crippen LogP contribution in [-0.4, -0.2) is 20.2 Å². The summed E-state index contributed by atoms with van der Waals surface area (Å²) in [4.78, 5) is 8.91. The van der Waals surface area contributed by atoms with Gasteiger partial charge in [0.1, 0.15) is 11.5 Å². The van der Waals surface area contributed by atoms with E-state index in [1.54, 1.807) is 18.5 Å². The lowest BCUT2D eigenvalue weighted by Gasteiger charge is -2.11. The second kappa shape index (κ2) is 7.81. The van der Waals surface area contributed by atoms with Crippen molar-refractivity contribution in [2.24, 2.45) is 0 Å². The molecular weight excluding hydrogens is 332 g/mol. The van der Waals surface area contributed by atoms with Crippen LogP contribution in [0.15, 0.2) is 73.7 Å². The van der Waals surface area contributed by atoms with Crippen molar-refractivity contribution in [1.29, 1.82) is 0 Å². The molecule has 126 valence electrons. The molecule has 3 rings (SSSR count). The van der Waals surface area contributed by atoms with Crippen molar-refractivity contribution in [2.45, 2.75) is 6.92 Å². The second-order valence-corrected chi connectivity index (χ2v) is 5.78. The number of halogens is 1. The van der Waals surface area contributed by atoms with Crippen LogP contribution >= 0.6 is 11.6 Å². The highest BCUT2D eigenvalue weighted by Gasteiger charge is 2.15. The van der Waals surface area contributed by atoms with Crippen molar-refractivity contribution < 1.29 is 0 Å². The molecule has 0 bridgehead atoms. The zero-order valence-electron chi connectivity index (χ0n) is 14.0. The zero-order chi connectivity index (χ0) is 17.6. The van der Waals surface area contributed by atoms with E-state index in [0.29, 0.717) is 5.88 Å². The Hall–Kier alpha value is -2.85. The number of allylic oxidation sites excluding steroid dienone is 5. The summed E-state index contributed by atoms with van der Waals surface area (Å²) in [7, 11) is 0. The summed E-state index contributed by atoms with van der Waals surface area (Å²) in [6.45, 7) is 5.88. The molecule has 25 heavy (non-hydrogen) atoms. The fraction of sp³-hybridized carbons (Fsp3) is 0.100. The number of hydrogen-bond acceptors (Lipinski definition) is 3. The minimum Gasteiger partial charge on any atom is -0.339 e. The van der Waals surface area contributed by atoms with E-state index in [2.05, 4.69) is 29.9 Å². The number of nitrogens with zero attached hydrogens (tertiary/aromatic N) is 3. The van der Waals surface area contributed by atoms with Crippen LogP contribution in [0.4, 0.5) is 11.5 Å². The van der Waals surface area contributed by atoms with Crippen LogP contribution < -0.4 is 5.32 Å². The number of rotatable bonds is 6. The van der Waals surface area contributed by atoms with Gasteiger partial charge in [0, 0.05) is 29.5 Å². The summed E-state index contributed by atoms with van der Waals surface area (Å²) in [5, 5.41) is 3.51. The van der Waals surface area contributed by atoms with Gasteiger partial charge in [0.15, 0.2) is 5.65 Å². The third kappa shape index (κ3) is 3.64. The van der Waals surface area contributed by atoms with Crippen molar-refractivity contribution in [3.63, 3.8) is 0 Å². The van der Waals surface area contributed by atoms with Crippen molar-refractivity contribution >= 4 is 34.3 Å². The summed E-state index contributed by atoms with van der Waals surface area (Å²) >= 11 is 5.81. The summed E-state index contributed by atoms with van der Waals surface area (Å²) in [6, 6.07) is 8.14. The van der Waals surface area contributed by atoms with Crippen LogP contribution in [0.5, 0.6) is 0 Å². The van der Waals surface area contributed by atoms with E-state index in [0.717, 1.165) is 34.0 Å². The Morgan fingerprint density at radius 3 is 2.96 bits per heavy atom. The van der Waals surface area contributed by atoms with Gasteiger partial charge in [-0.3, -0.25) is 9.38 Å². The maximum absolute atomic E-state index is 5.81. The Balaban J connectivity index is 2.18. The molecule has 0 saturated carbocycles. The lowest BCUT2D eigenvalue weighted by molar-refractivity contribution is 1.13. The van der Waals surface area contributed by atoms with Crippen molar-refractivity contribution in [2.75, 3.05) is 11.2 Å². The molecule has 0 unspecified atom stereocenters. The molecule has 0 aliphatic heterocycles. The van der Waals surface area contributed by atoms with Crippen molar-refractivity contribution in [1.82, 2.24) is 14.4 Å². The molecule has 1 aromatic carbocycles. The summed E-state index contributed by atoms with van der Waals surface area (Å²) in [5.74, 6) is 1.31. The maximum Gasteiger partial charge on any atom is 0.157 e. The van der Waals surface area contributed by atoms with Gasteiger partial charge in [-0.2, -0.15) is 0 Å². The number of hydrogen-bond donors (Lipinski definition) is 1. The van der Waals surface area contributed by atoms with Crippen LogP contribution in [0.1, 0.15) is 11.3 Å². The molecule has 1 N–H and O–H groups in total. The first-order valence-corrected chi connectivity index (χ1v) is 8.48. The van der Waals surface area contributed by atoms with Gasteiger partial charge in [0.2, 0.25) is 0 Å². The first-order chi connectivity index (χ1) is 12.2. The molecule has 0 saturated heterocycles. The molecule has 4 nitrogen and oxygen atoms in total. The topological polar surface area (TPSA) is 42.2 Å². The Morgan fingerprint density at radius 1 is 1.36 bits per heavy atom. The van der Waals surface area contributed by atoms with Crippen LogP contribution in [0.2, 0.25) is 0 Å². The molecule has 0 aliphatic carbocycles. The normalized spacial score (nSPS) is 12.0. The molecule has 2 aromatic heterocycles. The number of aromatic nitrogens is 3. The van der Waals surface area contributed by atoms with Gasteiger partial charge in [-0.15, -0.1) is 11.6 Å². The maximum atomic E-state index is 5.81. The molecular formula is C20H19ClN4. The molecule has 5 heteroatoms. The van der Waals surface area contributed by atoms with Gasteiger partial charge in [0.05, 0.1) is 6.20 Å². The van der Waals surface area contributed by atoms with E-state index in [9.17, 15) is 0 Å². The molecule has 2 heterocycles. The molecule has 0 atom stereocenters. The standard InChI is InChI=1S/C20H19ClN4/c1-3-7-16(9-6-11-21)19-20(23-17-10-5-4-8-15(17)2)25-13-12-22-14-18(25)24-19/h3-10,12-14,23H,1,11H2,2H3.